The second kappa shape index (κ2) is 12.0. The average Bonchev–Trinajstić information content (AvgIpc) is 3.69. The van der Waals surface area contributed by atoms with E-state index < -0.39 is 94.1 Å². The molecular weight excluding hydrogens is 656 g/mol. The van der Waals surface area contributed by atoms with Gasteiger partial charge in [0, 0.05) is 0 Å². The molecule has 44 heavy (non-hydrogen) atoms. The lowest BCUT2D eigenvalue weighted by atomic mass is 9.83. The maximum Gasteiger partial charge on any atom is 0.482 e. The molecule has 2 aliphatic heterocycles. The molecule has 12 atom stereocenters. The highest BCUT2D eigenvalue weighted by Gasteiger charge is 2.67. The standard InChI is InChI=1S/C21H33N5O15P2S/c1-20(18(32)21(33,8-2-3-8)19(39-20)26-7-25-10-15(22)23-6-24-16(10)26)5-37-43(36,44)41-42(34,35)40-17-13(31)11(29)12(30)14(38-17)9(28)4-27/h6-9,11-14,17-19,27-33H,2-5H2,1H3,(H,34,35)(H,36,44)(H2,22,23,24)/t9-,11?,12?,13?,14?,17?,18+,19+,20+,21+,43?/m0/s1. The first-order chi connectivity index (χ1) is 20.4. The molecule has 248 valence electrons. The van der Waals surface area contributed by atoms with Crippen LogP contribution in [0.4, 0.5) is 5.82 Å². The van der Waals surface area contributed by atoms with E-state index in [1.54, 1.807) is 0 Å². The number of rotatable bonds is 11. The number of nitrogens with two attached hydrogens (primary N) is 1. The van der Waals surface area contributed by atoms with E-state index in [-0.39, 0.29) is 17.0 Å². The highest BCUT2D eigenvalue weighted by molar-refractivity contribution is 8.45. The van der Waals surface area contributed by atoms with Crippen LogP contribution in [-0.2, 0) is 32.0 Å². The van der Waals surface area contributed by atoms with Crippen LogP contribution in [0.25, 0.3) is 11.2 Å². The van der Waals surface area contributed by atoms with Crippen molar-refractivity contribution >= 4 is 43.9 Å². The normalized spacial score (nSPS) is 39.6. The molecule has 23 heteroatoms. The molecule has 0 spiro atoms. The summed E-state index contributed by atoms with van der Waals surface area (Å²) in [6.45, 7) is -5.32. The number of nitrogens with zero attached hydrogens (tertiary/aromatic N) is 4. The van der Waals surface area contributed by atoms with Crippen molar-refractivity contribution < 1.29 is 72.6 Å². The Kier molecular flexibility index (Phi) is 9.29. The number of phosphoric acid groups is 1. The van der Waals surface area contributed by atoms with Crippen LogP contribution in [-0.4, -0.2) is 127 Å². The van der Waals surface area contributed by atoms with Crippen LogP contribution in [0.1, 0.15) is 26.0 Å². The van der Waals surface area contributed by atoms with Gasteiger partial charge in [0.1, 0.15) is 59.7 Å². The minimum atomic E-state index is -5.52. The summed E-state index contributed by atoms with van der Waals surface area (Å²) in [7, 11) is -5.52. The molecule has 5 rings (SSSR count). The molecule has 1 saturated carbocycles. The highest BCUT2D eigenvalue weighted by Crippen LogP contribution is 2.67. The molecule has 2 aromatic rings. The Morgan fingerprint density at radius 1 is 1.18 bits per heavy atom. The van der Waals surface area contributed by atoms with Crippen molar-refractivity contribution in [2.75, 3.05) is 18.9 Å². The summed E-state index contributed by atoms with van der Waals surface area (Å²) in [6.07, 6.45) is -11.3. The van der Waals surface area contributed by atoms with Gasteiger partial charge in [-0.25, -0.2) is 24.1 Å². The zero-order chi connectivity index (χ0) is 32.4. The van der Waals surface area contributed by atoms with Crippen LogP contribution in [0.5, 0.6) is 0 Å². The Bertz CT molecular complexity index is 1470. The zero-order valence-corrected chi connectivity index (χ0v) is 25.5. The number of fused-ring (bicyclic) bond motifs is 1. The van der Waals surface area contributed by atoms with Crippen LogP contribution in [0.3, 0.4) is 0 Å². The third-order valence-corrected chi connectivity index (χ3v) is 11.4. The van der Waals surface area contributed by atoms with Crippen molar-refractivity contribution in [3.05, 3.63) is 12.7 Å². The highest BCUT2D eigenvalue weighted by atomic mass is 32.7. The molecule has 10 N–H and O–H groups in total. The third kappa shape index (κ3) is 6.18. The average molecular weight is 690 g/mol. The van der Waals surface area contributed by atoms with Crippen molar-refractivity contribution in [3.8, 4) is 0 Å². The molecule has 4 heterocycles. The van der Waals surface area contributed by atoms with Crippen molar-refractivity contribution in [2.24, 2.45) is 5.92 Å². The number of thiol groups is 1. The van der Waals surface area contributed by atoms with Crippen LogP contribution in [0, 0.1) is 5.92 Å². The van der Waals surface area contributed by atoms with E-state index in [9.17, 15) is 44.7 Å². The first kappa shape index (κ1) is 34.0. The van der Waals surface area contributed by atoms with Crippen LogP contribution >= 0.6 is 26.9 Å². The van der Waals surface area contributed by atoms with Gasteiger partial charge in [-0.1, -0.05) is 12.2 Å². The molecule has 20 nitrogen and oxygen atoms in total. The molecule has 7 unspecified atom stereocenters. The number of aliphatic hydroxyl groups is 7. The Labute approximate surface area is 253 Å². The van der Waals surface area contributed by atoms with Crippen molar-refractivity contribution in [1.82, 2.24) is 19.5 Å². The van der Waals surface area contributed by atoms with Gasteiger partial charge in [-0.3, -0.25) is 13.6 Å². The lowest BCUT2D eigenvalue weighted by Crippen LogP contribution is -2.61. The van der Waals surface area contributed by atoms with E-state index in [0.717, 1.165) is 0 Å². The number of imidazole rings is 1. The van der Waals surface area contributed by atoms with Crippen molar-refractivity contribution in [3.63, 3.8) is 0 Å². The second-order valence-electron chi connectivity index (χ2n) is 11.0. The van der Waals surface area contributed by atoms with E-state index in [1.165, 1.54) is 24.1 Å². The number of aliphatic hydroxyl groups excluding tert-OH is 6. The van der Waals surface area contributed by atoms with Crippen LogP contribution < -0.4 is 5.73 Å². The van der Waals surface area contributed by atoms with Crippen LogP contribution in [0.15, 0.2) is 12.7 Å². The monoisotopic (exact) mass is 689 g/mol. The minimum Gasteiger partial charge on any atom is -0.394 e. The van der Waals surface area contributed by atoms with Gasteiger partial charge in [0.15, 0.2) is 24.0 Å². The number of nitrogen functional groups attached to an aromatic ring is 1. The van der Waals surface area contributed by atoms with Gasteiger partial charge in [0.05, 0.1) is 19.5 Å². The Morgan fingerprint density at radius 2 is 1.86 bits per heavy atom. The maximum absolute atomic E-state index is 13.0. The summed E-state index contributed by atoms with van der Waals surface area (Å²) >= 11 is 3.68. The fraction of sp³-hybridized carbons (Fsp3) is 0.762. The van der Waals surface area contributed by atoms with Gasteiger partial charge in [-0.05, 0) is 25.7 Å². The topological polar surface area (TPSA) is 312 Å². The van der Waals surface area contributed by atoms with Gasteiger partial charge in [-0.2, -0.15) is 4.31 Å². The lowest BCUT2D eigenvalue weighted by Gasteiger charge is -2.41. The molecule has 2 saturated heterocycles. The van der Waals surface area contributed by atoms with Gasteiger partial charge < -0.3 is 55.8 Å². The minimum absolute atomic E-state index is 0.0640. The van der Waals surface area contributed by atoms with Crippen LogP contribution in [0.2, 0.25) is 0 Å². The maximum atomic E-state index is 13.0. The fourth-order valence-electron chi connectivity index (χ4n) is 5.34. The SMILES string of the molecule is C[C@]1(COP(=O)(S)OP(=O)(O)OC2OC([C@@H](O)CO)C(O)C(O)C2O)O[C@@H](n2cnc3c(N)ncnc32)[C@@](O)(C2CC2)[C@@H]1O. The molecule has 3 fully saturated rings. The molecule has 1 aliphatic carbocycles. The van der Waals surface area contributed by atoms with Gasteiger partial charge in [0.25, 0.3) is 0 Å². The van der Waals surface area contributed by atoms with E-state index in [2.05, 4.69) is 36.0 Å². The molecule has 0 bridgehead atoms. The summed E-state index contributed by atoms with van der Waals surface area (Å²) in [4.78, 5) is 22.4. The van der Waals surface area contributed by atoms with E-state index >= 15 is 0 Å². The molecule has 2 aromatic heterocycles. The number of hydrogen-bond acceptors (Lipinski definition) is 18. The van der Waals surface area contributed by atoms with Gasteiger partial charge >= 0.3 is 14.6 Å². The van der Waals surface area contributed by atoms with E-state index in [1.807, 2.05) is 0 Å². The number of hydrogen-bond donors (Lipinski definition) is 10. The molecule has 3 aliphatic rings. The fourth-order valence-corrected chi connectivity index (χ4v) is 8.59. The Morgan fingerprint density at radius 3 is 2.50 bits per heavy atom. The molecular formula is C21H33N5O15P2S. The molecule has 0 aromatic carbocycles. The predicted molar refractivity (Wildman–Crippen MR) is 146 cm³/mol. The van der Waals surface area contributed by atoms with E-state index in [0.29, 0.717) is 12.8 Å². The van der Waals surface area contributed by atoms with Gasteiger partial charge in [0.2, 0.25) is 0 Å². The summed E-state index contributed by atoms with van der Waals surface area (Å²) in [5.74, 6) is -0.357. The summed E-state index contributed by atoms with van der Waals surface area (Å²) in [5.41, 5.74) is 2.53. The quantitative estimate of drug-likeness (QED) is 0.0864. The summed E-state index contributed by atoms with van der Waals surface area (Å²) < 4.78 is 52.6. The smallest absolute Gasteiger partial charge is 0.394 e. The zero-order valence-electron chi connectivity index (χ0n) is 22.8. The van der Waals surface area contributed by atoms with E-state index in [4.69, 9.17) is 24.8 Å². The summed E-state index contributed by atoms with van der Waals surface area (Å²) in [6, 6.07) is 0. The number of aromatic nitrogens is 4. The number of phosphoric ester groups is 1. The number of anilines is 1. The Hall–Kier alpha value is -1.36. The second-order valence-corrected chi connectivity index (χ2v) is 15.5. The Balaban J connectivity index is 1.30. The van der Waals surface area contributed by atoms with Crippen molar-refractivity contribution in [2.45, 2.75) is 80.1 Å². The first-order valence-corrected chi connectivity index (χ1v) is 17.3. The molecule has 0 amide bonds. The first-order valence-electron chi connectivity index (χ1n) is 13.1. The summed E-state index contributed by atoms with van der Waals surface area (Å²) in [5, 5.41) is 72.2. The van der Waals surface area contributed by atoms with Gasteiger partial charge in [-0.15, -0.1) is 0 Å². The lowest BCUT2D eigenvalue weighted by molar-refractivity contribution is -0.292. The predicted octanol–water partition coefficient (Wildman–Crippen LogP) is -2.45. The molecule has 0 radical (unpaired) electrons. The third-order valence-electron chi connectivity index (χ3n) is 7.79. The number of ether oxygens (including phenoxy) is 2. The van der Waals surface area contributed by atoms with Crippen molar-refractivity contribution in [1.29, 1.82) is 0 Å². The largest absolute Gasteiger partial charge is 0.482 e.